The molecule has 6 heteroatoms. The van der Waals surface area contributed by atoms with E-state index in [-0.39, 0.29) is 11.9 Å². The molecule has 1 aromatic carbocycles. The van der Waals surface area contributed by atoms with Crippen LogP contribution in [0.25, 0.3) is 0 Å². The van der Waals surface area contributed by atoms with Crippen LogP contribution < -0.4 is 5.32 Å². The molecule has 0 saturated carbocycles. The number of aryl methyl sites for hydroxylation is 2. The number of carbonyl (C=O) groups is 1. The van der Waals surface area contributed by atoms with E-state index in [1.165, 1.54) is 0 Å². The maximum atomic E-state index is 12.5. The van der Waals surface area contributed by atoms with Gasteiger partial charge in [-0.2, -0.15) is 10.4 Å². The Kier molecular flexibility index (Phi) is 4.96. The molecule has 0 radical (unpaired) electrons. The van der Waals surface area contributed by atoms with Gasteiger partial charge >= 0.3 is 0 Å². The van der Waals surface area contributed by atoms with Crippen molar-refractivity contribution >= 4 is 17.2 Å². The molecule has 0 spiro atoms. The Morgan fingerprint density at radius 1 is 1.32 bits per heavy atom. The minimum absolute atomic E-state index is 0.0585. The first-order valence-corrected chi connectivity index (χ1v) is 8.81. The number of thiophene rings is 1. The Bertz CT molecular complexity index is 921. The number of carbonyl (C=O) groups excluding carboxylic acids is 1. The summed E-state index contributed by atoms with van der Waals surface area (Å²) in [6.45, 7) is 4.40. The molecule has 1 unspecified atom stereocenters. The Hall–Kier alpha value is -2.91. The average molecular weight is 350 g/mol. The molecule has 1 N–H and O–H groups in total. The summed E-state index contributed by atoms with van der Waals surface area (Å²) < 4.78 is 1.95. The van der Waals surface area contributed by atoms with Crippen molar-refractivity contribution in [2.75, 3.05) is 6.54 Å². The number of amides is 1. The van der Waals surface area contributed by atoms with E-state index >= 15 is 0 Å². The largest absolute Gasteiger partial charge is 0.350 e. The van der Waals surface area contributed by atoms with Gasteiger partial charge in [0.25, 0.3) is 5.91 Å². The zero-order valence-electron chi connectivity index (χ0n) is 14.1. The molecule has 1 amide bonds. The number of hydrogen-bond acceptors (Lipinski definition) is 4. The summed E-state index contributed by atoms with van der Waals surface area (Å²) in [6, 6.07) is 14.8. The van der Waals surface area contributed by atoms with Crippen LogP contribution in [0.5, 0.6) is 0 Å². The van der Waals surface area contributed by atoms with Crippen molar-refractivity contribution in [3.8, 4) is 6.07 Å². The van der Waals surface area contributed by atoms with Gasteiger partial charge < -0.3 is 5.32 Å². The molecular formula is C19H18N4OS. The summed E-state index contributed by atoms with van der Waals surface area (Å²) in [5.74, 6) is -0.194. The van der Waals surface area contributed by atoms with Gasteiger partial charge in [0, 0.05) is 22.7 Å². The van der Waals surface area contributed by atoms with Crippen LogP contribution in [0.15, 0.2) is 47.8 Å². The highest BCUT2D eigenvalue weighted by Crippen LogP contribution is 2.24. The number of nitrogens with one attached hydrogen (secondary N) is 1. The van der Waals surface area contributed by atoms with Crippen molar-refractivity contribution in [3.05, 3.63) is 75.2 Å². The van der Waals surface area contributed by atoms with E-state index in [1.54, 1.807) is 35.6 Å². The molecule has 1 atom stereocenters. The third kappa shape index (κ3) is 3.78. The van der Waals surface area contributed by atoms with Crippen LogP contribution in [0.1, 0.15) is 38.2 Å². The van der Waals surface area contributed by atoms with Crippen LogP contribution in [-0.4, -0.2) is 22.2 Å². The fourth-order valence-electron chi connectivity index (χ4n) is 2.77. The fraction of sp³-hybridized carbons (Fsp3) is 0.211. The standard InChI is InChI=1S/C19H18N4OS/c1-13-9-14(2)23(22-13)17(18-7-4-8-25-18)12-21-19(24)16-6-3-5-15(10-16)11-20/h3-10,17H,12H2,1-2H3,(H,21,24). The lowest BCUT2D eigenvalue weighted by Crippen LogP contribution is -2.31. The quantitative estimate of drug-likeness (QED) is 0.766. The van der Waals surface area contributed by atoms with Crippen molar-refractivity contribution in [2.45, 2.75) is 19.9 Å². The fourth-order valence-corrected chi connectivity index (χ4v) is 3.58. The lowest BCUT2D eigenvalue weighted by Gasteiger charge is -2.19. The molecule has 3 aromatic rings. The topological polar surface area (TPSA) is 70.7 Å². The second kappa shape index (κ2) is 7.32. The van der Waals surface area contributed by atoms with E-state index in [1.807, 2.05) is 42.1 Å². The molecule has 0 saturated heterocycles. The highest BCUT2D eigenvalue weighted by atomic mass is 32.1. The van der Waals surface area contributed by atoms with Crippen LogP contribution in [-0.2, 0) is 0 Å². The van der Waals surface area contributed by atoms with E-state index in [9.17, 15) is 4.79 Å². The van der Waals surface area contributed by atoms with Gasteiger partial charge in [-0.1, -0.05) is 12.1 Å². The third-order valence-corrected chi connectivity index (χ3v) is 4.89. The Balaban J connectivity index is 1.81. The molecule has 0 aliphatic rings. The summed E-state index contributed by atoms with van der Waals surface area (Å²) in [5.41, 5.74) is 2.96. The second-order valence-corrected chi connectivity index (χ2v) is 6.78. The number of nitrogens with zero attached hydrogens (tertiary/aromatic N) is 3. The SMILES string of the molecule is Cc1cc(C)n(C(CNC(=O)c2cccc(C#N)c2)c2cccs2)n1. The van der Waals surface area contributed by atoms with E-state index < -0.39 is 0 Å². The molecule has 25 heavy (non-hydrogen) atoms. The third-order valence-electron chi connectivity index (χ3n) is 3.92. The molecule has 126 valence electrons. The molecule has 5 nitrogen and oxygen atoms in total. The molecule has 0 fully saturated rings. The highest BCUT2D eigenvalue weighted by Gasteiger charge is 2.19. The van der Waals surface area contributed by atoms with E-state index in [0.29, 0.717) is 17.7 Å². The lowest BCUT2D eigenvalue weighted by atomic mass is 10.1. The Morgan fingerprint density at radius 3 is 2.80 bits per heavy atom. The van der Waals surface area contributed by atoms with E-state index in [0.717, 1.165) is 16.3 Å². The van der Waals surface area contributed by atoms with Crippen LogP contribution in [0, 0.1) is 25.2 Å². The maximum absolute atomic E-state index is 12.5. The zero-order chi connectivity index (χ0) is 17.8. The van der Waals surface area contributed by atoms with Crippen LogP contribution >= 0.6 is 11.3 Å². The molecule has 2 heterocycles. The summed E-state index contributed by atoms with van der Waals surface area (Å²) in [5, 5.41) is 18.5. The van der Waals surface area contributed by atoms with Crippen molar-refractivity contribution in [1.82, 2.24) is 15.1 Å². The molecule has 0 aliphatic heterocycles. The van der Waals surface area contributed by atoms with Crippen LogP contribution in [0.4, 0.5) is 0 Å². The summed E-state index contributed by atoms with van der Waals surface area (Å²) in [6.07, 6.45) is 0. The Morgan fingerprint density at radius 2 is 2.16 bits per heavy atom. The first-order valence-electron chi connectivity index (χ1n) is 7.93. The molecule has 2 aromatic heterocycles. The minimum Gasteiger partial charge on any atom is -0.350 e. The number of benzene rings is 1. The molecular weight excluding hydrogens is 332 g/mol. The van der Waals surface area contributed by atoms with Gasteiger partial charge in [0.05, 0.1) is 17.3 Å². The number of nitriles is 1. The second-order valence-electron chi connectivity index (χ2n) is 5.81. The molecule has 0 aliphatic carbocycles. The van der Waals surface area contributed by atoms with Crippen molar-refractivity contribution in [1.29, 1.82) is 5.26 Å². The first-order chi connectivity index (χ1) is 12.1. The van der Waals surface area contributed by atoms with Gasteiger partial charge in [0.15, 0.2) is 0 Å². The highest BCUT2D eigenvalue weighted by molar-refractivity contribution is 7.10. The number of aromatic nitrogens is 2. The van der Waals surface area contributed by atoms with Crippen molar-refractivity contribution in [2.24, 2.45) is 0 Å². The predicted molar refractivity (Wildman–Crippen MR) is 97.6 cm³/mol. The Labute approximate surface area is 150 Å². The average Bonchev–Trinajstić information content (AvgIpc) is 3.25. The zero-order valence-corrected chi connectivity index (χ0v) is 14.9. The van der Waals surface area contributed by atoms with Gasteiger partial charge in [-0.25, -0.2) is 0 Å². The first kappa shape index (κ1) is 16.9. The molecule has 0 bridgehead atoms. The summed E-state index contributed by atoms with van der Waals surface area (Å²) in [4.78, 5) is 13.6. The number of hydrogen-bond donors (Lipinski definition) is 1. The normalized spacial score (nSPS) is 11.7. The summed E-state index contributed by atoms with van der Waals surface area (Å²) >= 11 is 1.64. The lowest BCUT2D eigenvalue weighted by molar-refractivity contribution is 0.0949. The van der Waals surface area contributed by atoms with Gasteiger partial charge in [-0.15, -0.1) is 11.3 Å². The van der Waals surface area contributed by atoms with E-state index in [4.69, 9.17) is 5.26 Å². The predicted octanol–water partition coefficient (Wildman–Crippen LogP) is 3.45. The monoisotopic (exact) mass is 350 g/mol. The van der Waals surface area contributed by atoms with E-state index in [2.05, 4.69) is 16.5 Å². The van der Waals surface area contributed by atoms with Gasteiger partial charge in [-0.3, -0.25) is 9.48 Å². The van der Waals surface area contributed by atoms with Crippen molar-refractivity contribution < 1.29 is 4.79 Å². The van der Waals surface area contributed by atoms with Crippen LogP contribution in [0.3, 0.4) is 0 Å². The summed E-state index contributed by atoms with van der Waals surface area (Å²) in [7, 11) is 0. The molecule has 3 rings (SSSR count). The van der Waals surface area contributed by atoms with Gasteiger partial charge in [0.2, 0.25) is 0 Å². The smallest absolute Gasteiger partial charge is 0.251 e. The maximum Gasteiger partial charge on any atom is 0.251 e. The van der Waals surface area contributed by atoms with Crippen molar-refractivity contribution in [3.63, 3.8) is 0 Å². The van der Waals surface area contributed by atoms with Gasteiger partial charge in [0.1, 0.15) is 6.04 Å². The minimum atomic E-state index is -0.194. The number of rotatable bonds is 5. The van der Waals surface area contributed by atoms with Crippen LogP contribution in [0.2, 0.25) is 0 Å². The van der Waals surface area contributed by atoms with Gasteiger partial charge in [-0.05, 0) is 49.6 Å².